The molecule has 8 heteroatoms. The van der Waals surface area contributed by atoms with Crippen LogP contribution < -0.4 is 10.6 Å². The zero-order valence-electron chi connectivity index (χ0n) is 12.0. The topological polar surface area (TPSA) is 109 Å². The first kappa shape index (κ1) is 15.9. The third-order valence-corrected chi connectivity index (χ3v) is 2.87. The minimum Gasteiger partial charge on any atom is -0.481 e. The smallest absolute Gasteiger partial charge is 0.315 e. The van der Waals surface area contributed by atoms with Gasteiger partial charge in [-0.1, -0.05) is 13.3 Å². The first-order valence-corrected chi connectivity index (χ1v) is 6.56. The van der Waals surface area contributed by atoms with Gasteiger partial charge in [0.1, 0.15) is 6.33 Å². The number of urea groups is 1. The van der Waals surface area contributed by atoms with Gasteiger partial charge >= 0.3 is 12.0 Å². The Morgan fingerprint density at radius 1 is 1.45 bits per heavy atom. The SMILES string of the molecule is CCCC(CC(=O)O)NC(=O)NC(C)c1nncn1C. The number of rotatable bonds is 7. The van der Waals surface area contributed by atoms with Crippen LogP contribution in [-0.4, -0.2) is 37.9 Å². The van der Waals surface area contributed by atoms with E-state index in [9.17, 15) is 9.59 Å². The molecule has 1 aromatic heterocycles. The van der Waals surface area contributed by atoms with Crippen LogP contribution in [0.5, 0.6) is 0 Å². The molecule has 0 radical (unpaired) electrons. The number of nitrogens with one attached hydrogen (secondary N) is 2. The van der Waals surface area contributed by atoms with Crippen molar-refractivity contribution in [3.63, 3.8) is 0 Å². The van der Waals surface area contributed by atoms with Crippen LogP contribution in [0.4, 0.5) is 4.79 Å². The Morgan fingerprint density at radius 2 is 2.15 bits per heavy atom. The maximum absolute atomic E-state index is 11.9. The minimum absolute atomic E-state index is 0.0837. The number of carboxylic acid groups (broad SMARTS) is 1. The van der Waals surface area contributed by atoms with E-state index in [-0.39, 0.29) is 18.5 Å². The number of nitrogens with zero attached hydrogens (tertiary/aromatic N) is 3. The number of aromatic nitrogens is 3. The van der Waals surface area contributed by atoms with Crippen LogP contribution in [0.3, 0.4) is 0 Å². The Hall–Kier alpha value is -2.12. The van der Waals surface area contributed by atoms with Gasteiger partial charge < -0.3 is 20.3 Å². The molecular weight excluding hydrogens is 262 g/mol. The van der Waals surface area contributed by atoms with Gasteiger partial charge in [0, 0.05) is 13.1 Å². The normalized spacial score (nSPS) is 13.6. The molecule has 3 N–H and O–H groups in total. The van der Waals surface area contributed by atoms with Crippen LogP contribution in [0.1, 0.15) is 45.0 Å². The Morgan fingerprint density at radius 3 is 2.65 bits per heavy atom. The molecule has 0 aromatic carbocycles. The van der Waals surface area contributed by atoms with Crippen molar-refractivity contribution >= 4 is 12.0 Å². The van der Waals surface area contributed by atoms with E-state index < -0.39 is 12.0 Å². The van der Waals surface area contributed by atoms with E-state index in [1.165, 1.54) is 0 Å². The lowest BCUT2D eigenvalue weighted by Crippen LogP contribution is -2.44. The molecule has 0 bridgehead atoms. The predicted molar refractivity (Wildman–Crippen MR) is 72.0 cm³/mol. The molecule has 2 amide bonds. The van der Waals surface area contributed by atoms with Crippen molar-refractivity contribution in [3.05, 3.63) is 12.2 Å². The fourth-order valence-electron chi connectivity index (χ4n) is 1.96. The summed E-state index contributed by atoms with van der Waals surface area (Å²) in [7, 11) is 1.79. The average molecular weight is 283 g/mol. The summed E-state index contributed by atoms with van der Waals surface area (Å²) in [6.45, 7) is 3.73. The molecule has 0 saturated heterocycles. The van der Waals surface area contributed by atoms with Crippen molar-refractivity contribution in [1.29, 1.82) is 0 Å². The third kappa shape index (κ3) is 4.87. The van der Waals surface area contributed by atoms with Crippen molar-refractivity contribution in [2.45, 2.75) is 45.2 Å². The number of carboxylic acids is 1. The molecule has 2 unspecified atom stereocenters. The van der Waals surface area contributed by atoms with E-state index in [0.717, 1.165) is 6.42 Å². The summed E-state index contributed by atoms with van der Waals surface area (Å²) in [6, 6.07) is -1.08. The van der Waals surface area contributed by atoms with Crippen LogP contribution >= 0.6 is 0 Å². The Kier molecular flexibility index (Phi) is 5.95. The van der Waals surface area contributed by atoms with Crippen LogP contribution in [0.25, 0.3) is 0 Å². The van der Waals surface area contributed by atoms with Crippen LogP contribution in [0.2, 0.25) is 0 Å². The number of amides is 2. The molecule has 8 nitrogen and oxygen atoms in total. The van der Waals surface area contributed by atoms with Crippen molar-refractivity contribution < 1.29 is 14.7 Å². The first-order chi connectivity index (χ1) is 9.43. The summed E-state index contributed by atoms with van der Waals surface area (Å²) in [5.74, 6) is -0.296. The maximum Gasteiger partial charge on any atom is 0.315 e. The van der Waals surface area contributed by atoms with Gasteiger partial charge in [-0.2, -0.15) is 0 Å². The van der Waals surface area contributed by atoms with E-state index in [1.54, 1.807) is 24.9 Å². The van der Waals surface area contributed by atoms with Crippen molar-refractivity contribution in [2.75, 3.05) is 0 Å². The Labute approximate surface area is 117 Å². The van der Waals surface area contributed by atoms with Gasteiger partial charge in [0.2, 0.25) is 0 Å². The fourth-order valence-corrected chi connectivity index (χ4v) is 1.96. The summed E-state index contributed by atoms with van der Waals surface area (Å²) in [5.41, 5.74) is 0. The van der Waals surface area contributed by atoms with E-state index in [4.69, 9.17) is 5.11 Å². The van der Waals surface area contributed by atoms with E-state index in [2.05, 4.69) is 20.8 Å². The number of carbonyl (C=O) groups is 2. The van der Waals surface area contributed by atoms with E-state index in [1.807, 2.05) is 6.92 Å². The third-order valence-electron chi connectivity index (χ3n) is 2.87. The summed E-state index contributed by atoms with van der Waals surface area (Å²) in [4.78, 5) is 22.6. The van der Waals surface area contributed by atoms with Gasteiger partial charge in [0.25, 0.3) is 0 Å². The Bertz CT molecular complexity index is 460. The lowest BCUT2D eigenvalue weighted by molar-refractivity contribution is -0.137. The van der Waals surface area contributed by atoms with Crippen molar-refractivity contribution in [3.8, 4) is 0 Å². The monoisotopic (exact) mass is 283 g/mol. The van der Waals surface area contributed by atoms with Gasteiger partial charge in [-0.05, 0) is 13.3 Å². The highest BCUT2D eigenvalue weighted by molar-refractivity contribution is 5.76. The number of hydrogen-bond donors (Lipinski definition) is 3. The van der Waals surface area contributed by atoms with Crippen LogP contribution in [-0.2, 0) is 11.8 Å². The molecule has 2 atom stereocenters. The number of hydrogen-bond acceptors (Lipinski definition) is 4. The number of aryl methyl sites for hydroxylation is 1. The van der Waals surface area contributed by atoms with Crippen molar-refractivity contribution in [1.82, 2.24) is 25.4 Å². The van der Waals surface area contributed by atoms with Gasteiger partial charge in [-0.15, -0.1) is 10.2 Å². The molecule has 1 heterocycles. The second-order valence-electron chi connectivity index (χ2n) is 4.72. The molecule has 20 heavy (non-hydrogen) atoms. The van der Waals surface area contributed by atoms with Crippen molar-refractivity contribution in [2.24, 2.45) is 7.05 Å². The molecule has 112 valence electrons. The van der Waals surface area contributed by atoms with E-state index in [0.29, 0.717) is 12.2 Å². The summed E-state index contributed by atoms with van der Waals surface area (Å²) in [6.07, 6.45) is 2.89. The van der Waals surface area contributed by atoms with Crippen LogP contribution in [0, 0.1) is 0 Å². The largest absolute Gasteiger partial charge is 0.481 e. The number of aliphatic carboxylic acids is 1. The zero-order chi connectivity index (χ0) is 15.1. The highest BCUT2D eigenvalue weighted by Gasteiger charge is 2.18. The summed E-state index contributed by atoms with van der Waals surface area (Å²) in [5, 5.41) is 21.8. The maximum atomic E-state index is 11.9. The zero-order valence-corrected chi connectivity index (χ0v) is 12.0. The average Bonchev–Trinajstić information content (AvgIpc) is 2.74. The fraction of sp³-hybridized carbons (Fsp3) is 0.667. The van der Waals surface area contributed by atoms with Gasteiger partial charge in [-0.3, -0.25) is 4.79 Å². The summed E-state index contributed by atoms with van der Waals surface area (Å²) < 4.78 is 1.71. The molecular formula is C12H21N5O3. The van der Waals surface area contributed by atoms with Gasteiger partial charge in [-0.25, -0.2) is 4.79 Å². The van der Waals surface area contributed by atoms with Gasteiger partial charge in [0.15, 0.2) is 5.82 Å². The highest BCUT2D eigenvalue weighted by Crippen LogP contribution is 2.07. The minimum atomic E-state index is -0.926. The lowest BCUT2D eigenvalue weighted by atomic mass is 10.1. The predicted octanol–water partition coefficient (Wildman–Crippen LogP) is 0.819. The quantitative estimate of drug-likeness (QED) is 0.686. The standard InChI is InChI=1S/C12H21N5O3/c1-4-5-9(6-10(18)19)15-12(20)14-8(2)11-16-13-7-17(11)3/h7-9H,4-6H2,1-3H3,(H,18,19)(H2,14,15,20). The second kappa shape index (κ2) is 7.46. The highest BCUT2D eigenvalue weighted by atomic mass is 16.4. The lowest BCUT2D eigenvalue weighted by Gasteiger charge is -2.19. The molecule has 1 rings (SSSR count). The van der Waals surface area contributed by atoms with E-state index >= 15 is 0 Å². The number of carbonyl (C=O) groups excluding carboxylic acids is 1. The molecule has 0 spiro atoms. The molecule has 1 aromatic rings. The molecule has 0 fully saturated rings. The Balaban J connectivity index is 2.52. The second-order valence-corrected chi connectivity index (χ2v) is 4.72. The molecule has 0 aliphatic rings. The van der Waals surface area contributed by atoms with Gasteiger partial charge in [0.05, 0.1) is 12.5 Å². The molecule has 0 saturated carbocycles. The summed E-state index contributed by atoms with van der Waals surface area (Å²) >= 11 is 0. The van der Waals surface area contributed by atoms with Crippen LogP contribution in [0.15, 0.2) is 6.33 Å². The molecule has 0 aliphatic heterocycles. The first-order valence-electron chi connectivity index (χ1n) is 6.56. The molecule has 0 aliphatic carbocycles.